The van der Waals surface area contributed by atoms with E-state index in [0.29, 0.717) is 12.6 Å². The number of aryl methyl sites for hydroxylation is 1. The minimum Gasteiger partial charge on any atom is -0.381 e. The van der Waals surface area contributed by atoms with Gasteiger partial charge in [0.15, 0.2) is 5.96 Å². The highest BCUT2D eigenvalue weighted by molar-refractivity contribution is 14.0. The maximum Gasteiger partial charge on any atom is 0.191 e. The summed E-state index contributed by atoms with van der Waals surface area (Å²) in [6.07, 6.45) is 5.50. The first-order valence-electron chi connectivity index (χ1n) is 9.58. The molecular formula is C20H34IN3O2S. The van der Waals surface area contributed by atoms with E-state index in [4.69, 9.17) is 14.5 Å². The fraction of sp³-hybridized carbons (Fsp3) is 0.650. The molecule has 1 aromatic carbocycles. The number of nitrogens with zero attached hydrogens (tertiary/aromatic N) is 1. The van der Waals surface area contributed by atoms with Crippen molar-refractivity contribution in [2.45, 2.75) is 50.7 Å². The van der Waals surface area contributed by atoms with Gasteiger partial charge in [0.05, 0.1) is 12.6 Å². The van der Waals surface area contributed by atoms with Crippen molar-refractivity contribution in [2.75, 3.05) is 39.2 Å². The summed E-state index contributed by atoms with van der Waals surface area (Å²) in [7, 11) is 0. The van der Waals surface area contributed by atoms with Gasteiger partial charge < -0.3 is 20.1 Å². The number of ether oxygens (including phenoxy) is 2. The molecule has 0 saturated carbocycles. The highest BCUT2D eigenvalue weighted by Crippen LogP contribution is 2.22. The third kappa shape index (κ3) is 9.49. The van der Waals surface area contributed by atoms with Gasteiger partial charge in [0.25, 0.3) is 0 Å². The molecule has 1 heterocycles. The Morgan fingerprint density at radius 2 is 2.07 bits per heavy atom. The van der Waals surface area contributed by atoms with Crippen molar-refractivity contribution in [3.05, 3.63) is 29.3 Å². The Balaban J connectivity index is 0.00000364. The summed E-state index contributed by atoms with van der Waals surface area (Å²) in [5.74, 6) is 0.867. The van der Waals surface area contributed by atoms with Gasteiger partial charge in [-0.25, -0.2) is 4.99 Å². The molecule has 1 aliphatic rings. The smallest absolute Gasteiger partial charge is 0.191 e. The number of benzene rings is 1. The second-order valence-corrected chi connectivity index (χ2v) is 7.32. The molecule has 5 nitrogen and oxygen atoms in total. The third-order valence-corrected chi connectivity index (χ3v) is 5.15. The average Bonchev–Trinajstić information content (AvgIpc) is 2.67. The lowest BCUT2D eigenvalue weighted by Crippen LogP contribution is -2.38. The van der Waals surface area contributed by atoms with E-state index in [1.54, 1.807) is 11.8 Å². The van der Waals surface area contributed by atoms with E-state index in [-0.39, 0.29) is 24.0 Å². The molecule has 27 heavy (non-hydrogen) atoms. The minimum absolute atomic E-state index is 0. The minimum atomic E-state index is 0. The summed E-state index contributed by atoms with van der Waals surface area (Å²) < 4.78 is 11.3. The van der Waals surface area contributed by atoms with Crippen molar-refractivity contribution >= 4 is 41.7 Å². The number of guanidine groups is 1. The van der Waals surface area contributed by atoms with E-state index in [2.05, 4.69) is 48.9 Å². The van der Waals surface area contributed by atoms with Crippen LogP contribution in [0.5, 0.6) is 0 Å². The zero-order chi connectivity index (χ0) is 18.6. The van der Waals surface area contributed by atoms with Crippen LogP contribution in [-0.2, 0) is 16.0 Å². The van der Waals surface area contributed by atoms with Crippen LogP contribution in [0.4, 0.5) is 0 Å². The summed E-state index contributed by atoms with van der Waals surface area (Å²) in [4.78, 5) is 6.03. The summed E-state index contributed by atoms with van der Waals surface area (Å²) in [5, 5.41) is 6.72. The van der Waals surface area contributed by atoms with Crippen molar-refractivity contribution in [3.63, 3.8) is 0 Å². The van der Waals surface area contributed by atoms with Crippen LogP contribution in [0.3, 0.4) is 0 Å². The maximum absolute atomic E-state index is 5.91. The molecule has 154 valence electrons. The van der Waals surface area contributed by atoms with E-state index in [9.17, 15) is 0 Å². The lowest BCUT2D eigenvalue weighted by atomic mass is 10.1. The molecule has 0 aliphatic carbocycles. The van der Waals surface area contributed by atoms with Crippen molar-refractivity contribution in [2.24, 2.45) is 4.99 Å². The van der Waals surface area contributed by atoms with Gasteiger partial charge in [0, 0.05) is 37.8 Å². The lowest BCUT2D eigenvalue weighted by molar-refractivity contribution is -0.0320. The molecule has 0 atom stereocenters. The maximum atomic E-state index is 5.91. The summed E-state index contributed by atoms with van der Waals surface area (Å²) in [6, 6.07) is 6.55. The number of halogens is 1. The molecule has 1 fully saturated rings. The first kappa shape index (κ1) is 24.5. The van der Waals surface area contributed by atoms with Gasteiger partial charge in [-0.15, -0.1) is 35.7 Å². The standard InChI is InChI=1S/C20H33N3O2S.HI/c1-4-21-20(22-10-5-11-25-18-8-12-24-13-9-18)23-15-17-7-6-16(2)14-19(17)26-3;/h6-7,14,18H,4-5,8-13,15H2,1-3H3,(H2,21,22,23);1H. The number of rotatable bonds is 9. The molecular weight excluding hydrogens is 473 g/mol. The summed E-state index contributed by atoms with van der Waals surface area (Å²) in [5.41, 5.74) is 2.56. The normalized spacial score (nSPS) is 15.3. The van der Waals surface area contributed by atoms with E-state index in [0.717, 1.165) is 58.1 Å². The number of hydrogen-bond donors (Lipinski definition) is 2. The van der Waals surface area contributed by atoms with Crippen LogP contribution in [0.2, 0.25) is 0 Å². The average molecular weight is 507 g/mol. The predicted molar refractivity (Wildman–Crippen MR) is 126 cm³/mol. The fourth-order valence-electron chi connectivity index (χ4n) is 2.86. The molecule has 0 aromatic heterocycles. The van der Waals surface area contributed by atoms with Crippen LogP contribution in [0.1, 0.15) is 37.3 Å². The van der Waals surface area contributed by atoms with Crippen LogP contribution < -0.4 is 10.6 Å². The van der Waals surface area contributed by atoms with E-state index in [1.807, 2.05) is 0 Å². The predicted octanol–water partition coefficient (Wildman–Crippen LogP) is 3.98. The Labute approximate surface area is 185 Å². The number of aliphatic imine (C=N–C) groups is 1. The molecule has 0 spiro atoms. The second-order valence-electron chi connectivity index (χ2n) is 6.47. The quantitative estimate of drug-likeness (QED) is 0.174. The molecule has 7 heteroatoms. The lowest BCUT2D eigenvalue weighted by Gasteiger charge is -2.22. The second kappa shape index (κ2) is 14.5. The first-order chi connectivity index (χ1) is 12.7. The van der Waals surface area contributed by atoms with E-state index >= 15 is 0 Å². The van der Waals surface area contributed by atoms with E-state index in [1.165, 1.54) is 16.0 Å². The molecule has 2 rings (SSSR count). The SMILES string of the molecule is CCNC(=NCc1ccc(C)cc1SC)NCCCOC1CCOCC1.I. The van der Waals surface area contributed by atoms with E-state index < -0.39 is 0 Å². The Hall–Kier alpha value is -0.510. The van der Waals surface area contributed by atoms with Crippen LogP contribution in [0.15, 0.2) is 28.1 Å². The molecule has 1 saturated heterocycles. The van der Waals surface area contributed by atoms with Gasteiger partial charge in [-0.05, 0) is 56.6 Å². The zero-order valence-corrected chi connectivity index (χ0v) is 19.9. The topological polar surface area (TPSA) is 54.9 Å². The largest absolute Gasteiger partial charge is 0.381 e. The Morgan fingerprint density at radius 1 is 1.30 bits per heavy atom. The Morgan fingerprint density at radius 3 is 2.78 bits per heavy atom. The molecule has 2 N–H and O–H groups in total. The van der Waals surface area contributed by atoms with Gasteiger partial charge >= 0.3 is 0 Å². The van der Waals surface area contributed by atoms with Gasteiger partial charge in [-0.1, -0.05) is 12.1 Å². The van der Waals surface area contributed by atoms with Crippen molar-refractivity contribution < 1.29 is 9.47 Å². The molecule has 0 amide bonds. The zero-order valence-electron chi connectivity index (χ0n) is 16.8. The molecule has 0 radical (unpaired) electrons. The third-order valence-electron chi connectivity index (χ3n) is 4.33. The van der Waals surface area contributed by atoms with Crippen LogP contribution in [0, 0.1) is 6.92 Å². The molecule has 1 aliphatic heterocycles. The van der Waals surface area contributed by atoms with Gasteiger partial charge in [-0.2, -0.15) is 0 Å². The fourth-order valence-corrected chi connectivity index (χ4v) is 3.56. The number of nitrogens with one attached hydrogen (secondary N) is 2. The highest BCUT2D eigenvalue weighted by atomic mass is 127. The molecule has 1 aromatic rings. The number of hydrogen-bond acceptors (Lipinski definition) is 4. The molecule has 0 unspecified atom stereocenters. The van der Waals surface area contributed by atoms with Gasteiger partial charge in [0.2, 0.25) is 0 Å². The van der Waals surface area contributed by atoms with Gasteiger partial charge in [-0.3, -0.25) is 0 Å². The van der Waals surface area contributed by atoms with Gasteiger partial charge in [0.1, 0.15) is 0 Å². The Bertz CT molecular complexity index is 566. The summed E-state index contributed by atoms with van der Waals surface area (Å²) in [6.45, 7) is 9.06. The summed E-state index contributed by atoms with van der Waals surface area (Å²) >= 11 is 1.78. The Kier molecular flexibility index (Phi) is 13.2. The van der Waals surface area contributed by atoms with Crippen molar-refractivity contribution in [3.8, 4) is 0 Å². The monoisotopic (exact) mass is 507 g/mol. The molecule has 0 bridgehead atoms. The number of thioether (sulfide) groups is 1. The highest BCUT2D eigenvalue weighted by Gasteiger charge is 2.13. The first-order valence-corrected chi connectivity index (χ1v) is 10.8. The van der Waals surface area contributed by atoms with Crippen molar-refractivity contribution in [1.82, 2.24) is 10.6 Å². The van der Waals surface area contributed by atoms with Crippen LogP contribution in [-0.4, -0.2) is 51.2 Å². The van der Waals surface area contributed by atoms with Crippen LogP contribution in [0.25, 0.3) is 0 Å². The van der Waals surface area contributed by atoms with Crippen LogP contribution >= 0.6 is 35.7 Å². The van der Waals surface area contributed by atoms with Crippen molar-refractivity contribution in [1.29, 1.82) is 0 Å².